The standard InChI is InChI=1S/C16H20O3/c1-11(2)13-10-14(16(3,4)19-13)18-15(17)12-8-6-5-7-9-12/h5-11,13H,1-4H3. The average molecular weight is 260 g/mol. The largest absolute Gasteiger partial charge is 0.425 e. The highest BCUT2D eigenvalue weighted by Crippen LogP contribution is 2.34. The van der Waals surface area contributed by atoms with Crippen molar-refractivity contribution in [2.75, 3.05) is 0 Å². The quantitative estimate of drug-likeness (QED) is 0.779. The van der Waals surface area contributed by atoms with Gasteiger partial charge in [0.2, 0.25) is 0 Å². The van der Waals surface area contributed by atoms with Gasteiger partial charge in [-0.15, -0.1) is 0 Å². The summed E-state index contributed by atoms with van der Waals surface area (Å²) in [5.74, 6) is 0.611. The molecule has 1 atom stereocenters. The fourth-order valence-electron chi connectivity index (χ4n) is 2.00. The van der Waals surface area contributed by atoms with Crippen LogP contribution in [-0.2, 0) is 9.47 Å². The monoisotopic (exact) mass is 260 g/mol. The Hall–Kier alpha value is -1.61. The summed E-state index contributed by atoms with van der Waals surface area (Å²) >= 11 is 0. The molecule has 3 nitrogen and oxygen atoms in total. The lowest BCUT2D eigenvalue weighted by Crippen LogP contribution is -2.28. The third kappa shape index (κ3) is 3.04. The molecule has 1 aromatic rings. The van der Waals surface area contributed by atoms with Gasteiger partial charge in [0.15, 0.2) is 0 Å². The summed E-state index contributed by atoms with van der Waals surface area (Å²) in [6, 6.07) is 8.99. The van der Waals surface area contributed by atoms with Gasteiger partial charge in [0, 0.05) is 0 Å². The summed E-state index contributed by atoms with van der Waals surface area (Å²) in [6.45, 7) is 8.00. The lowest BCUT2D eigenvalue weighted by Gasteiger charge is -2.24. The van der Waals surface area contributed by atoms with Crippen molar-refractivity contribution in [2.24, 2.45) is 5.92 Å². The molecular formula is C16H20O3. The summed E-state index contributed by atoms with van der Waals surface area (Å²) in [7, 11) is 0. The van der Waals surface area contributed by atoms with Crippen molar-refractivity contribution in [1.82, 2.24) is 0 Å². The fourth-order valence-corrected chi connectivity index (χ4v) is 2.00. The fraction of sp³-hybridized carbons (Fsp3) is 0.438. The Morgan fingerprint density at radius 1 is 1.26 bits per heavy atom. The lowest BCUT2D eigenvalue weighted by molar-refractivity contribution is -0.0421. The molecule has 102 valence electrons. The summed E-state index contributed by atoms with van der Waals surface area (Å²) in [5.41, 5.74) is -0.00784. The van der Waals surface area contributed by atoms with Gasteiger partial charge in [-0.05, 0) is 38.0 Å². The maximum absolute atomic E-state index is 12.0. The Labute approximate surface area is 114 Å². The van der Waals surface area contributed by atoms with E-state index in [1.54, 1.807) is 12.1 Å². The van der Waals surface area contributed by atoms with Gasteiger partial charge in [0.1, 0.15) is 11.4 Å². The van der Waals surface area contributed by atoms with E-state index in [-0.39, 0.29) is 12.1 Å². The first kappa shape index (κ1) is 13.8. The molecule has 3 heteroatoms. The highest BCUT2D eigenvalue weighted by molar-refractivity contribution is 5.90. The Balaban J connectivity index is 2.14. The molecule has 0 saturated carbocycles. The normalized spacial score (nSPS) is 21.3. The minimum Gasteiger partial charge on any atom is -0.425 e. The molecule has 1 aliphatic rings. The topological polar surface area (TPSA) is 35.5 Å². The van der Waals surface area contributed by atoms with Crippen LogP contribution in [0.5, 0.6) is 0 Å². The molecule has 2 rings (SSSR count). The van der Waals surface area contributed by atoms with Crippen LogP contribution in [0.4, 0.5) is 0 Å². The maximum atomic E-state index is 12.0. The molecule has 0 aliphatic carbocycles. The SMILES string of the molecule is CC(C)C1C=C(OC(=O)c2ccccc2)C(C)(C)O1. The molecule has 19 heavy (non-hydrogen) atoms. The maximum Gasteiger partial charge on any atom is 0.343 e. The van der Waals surface area contributed by atoms with Crippen molar-refractivity contribution in [3.05, 3.63) is 47.7 Å². The molecule has 0 radical (unpaired) electrons. The molecule has 0 bridgehead atoms. The van der Waals surface area contributed by atoms with Crippen LogP contribution in [0.3, 0.4) is 0 Å². The zero-order chi connectivity index (χ0) is 14.0. The van der Waals surface area contributed by atoms with E-state index in [0.29, 0.717) is 17.2 Å². The Kier molecular flexibility index (Phi) is 3.76. The van der Waals surface area contributed by atoms with E-state index in [4.69, 9.17) is 9.47 Å². The zero-order valence-corrected chi connectivity index (χ0v) is 11.8. The lowest BCUT2D eigenvalue weighted by atomic mass is 10.1. The highest BCUT2D eigenvalue weighted by atomic mass is 16.6. The van der Waals surface area contributed by atoms with Gasteiger partial charge in [-0.25, -0.2) is 4.79 Å². The van der Waals surface area contributed by atoms with Gasteiger partial charge in [0.05, 0.1) is 11.7 Å². The number of rotatable bonds is 3. The van der Waals surface area contributed by atoms with Crippen molar-refractivity contribution in [3.8, 4) is 0 Å². The third-order valence-corrected chi connectivity index (χ3v) is 3.21. The van der Waals surface area contributed by atoms with Crippen LogP contribution < -0.4 is 0 Å². The van der Waals surface area contributed by atoms with E-state index in [9.17, 15) is 4.79 Å². The molecule has 0 N–H and O–H groups in total. The molecule has 0 amide bonds. The van der Waals surface area contributed by atoms with Crippen molar-refractivity contribution >= 4 is 5.97 Å². The number of ether oxygens (including phenoxy) is 2. The van der Waals surface area contributed by atoms with E-state index in [0.717, 1.165) is 0 Å². The predicted molar refractivity (Wildman–Crippen MR) is 73.7 cm³/mol. The highest BCUT2D eigenvalue weighted by Gasteiger charge is 2.38. The number of carbonyl (C=O) groups excluding carboxylic acids is 1. The average Bonchev–Trinajstić information content (AvgIpc) is 2.66. The van der Waals surface area contributed by atoms with Crippen LogP contribution >= 0.6 is 0 Å². The predicted octanol–water partition coefficient (Wildman–Crippen LogP) is 3.56. The van der Waals surface area contributed by atoms with Crippen LogP contribution in [0, 0.1) is 5.92 Å². The zero-order valence-electron chi connectivity index (χ0n) is 11.8. The molecule has 1 aliphatic heterocycles. The van der Waals surface area contributed by atoms with Gasteiger partial charge < -0.3 is 9.47 Å². The van der Waals surface area contributed by atoms with E-state index in [1.165, 1.54) is 0 Å². The van der Waals surface area contributed by atoms with E-state index < -0.39 is 5.60 Å². The Bertz CT molecular complexity index is 486. The van der Waals surface area contributed by atoms with Crippen molar-refractivity contribution in [3.63, 3.8) is 0 Å². The first-order chi connectivity index (χ1) is 8.90. The molecule has 1 heterocycles. The first-order valence-electron chi connectivity index (χ1n) is 6.57. The summed E-state index contributed by atoms with van der Waals surface area (Å²) in [6.07, 6.45) is 1.90. The molecule has 1 aromatic carbocycles. The molecular weight excluding hydrogens is 240 g/mol. The third-order valence-electron chi connectivity index (χ3n) is 3.21. The molecule has 0 aromatic heterocycles. The van der Waals surface area contributed by atoms with Crippen molar-refractivity contribution in [1.29, 1.82) is 0 Å². The van der Waals surface area contributed by atoms with E-state index in [1.807, 2.05) is 38.1 Å². The van der Waals surface area contributed by atoms with Gasteiger partial charge >= 0.3 is 5.97 Å². The van der Waals surface area contributed by atoms with Crippen LogP contribution in [0.2, 0.25) is 0 Å². The Morgan fingerprint density at radius 3 is 2.42 bits per heavy atom. The first-order valence-corrected chi connectivity index (χ1v) is 6.57. The molecule has 1 unspecified atom stereocenters. The second-order valence-corrected chi connectivity index (χ2v) is 5.62. The Morgan fingerprint density at radius 2 is 1.89 bits per heavy atom. The van der Waals surface area contributed by atoms with Gasteiger partial charge in [-0.2, -0.15) is 0 Å². The number of hydrogen-bond acceptors (Lipinski definition) is 3. The second kappa shape index (κ2) is 5.17. The minimum atomic E-state index is -0.556. The van der Waals surface area contributed by atoms with Crippen molar-refractivity contribution in [2.45, 2.75) is 39.4 Å². The van der Waals surface area contributed by atoms with E-state index in [2.05, 4.69) is 13.8 Å². The summed E-state index contributed by atoms with van der Waals surface area (Å²) in [4.78, 5) is 12.0. The number of hydrogen-bond donors (Lipinski definition) is 0. The van der Waals surface area contributed by atoms with Crippen LogP contribution in [-0.4, -0.2) is 17.7 Å². The molecule has 0 fully saturated rings. The van der Waals surface area contributed by atoms with Gasteiger partial charge in [-0.1, -0.05) is 32.0 Å². The second-order valence-electron chi connectivity index (χ2n) is 5.62. The van der Waals surface area contributed by atoms with E-state index >= 15 is 0 Å². The van der Waals surface area contributed by atoms with Gasteiger partial charge in [0.25, 0.3) is 0 Å². The van der Waals surface area contributed by atoms with Gasteiger partial charge in [-0.3, -0.25) is 0 Å². The number of carbonyl (C=O) groups is 1. The molecule has 0 spiro atoms. The number of esters is 1. The van der Waals surface area contributed by atoms with Crippen LogP contribution in [0.15, 0.2) is 42.2 Å². The molecule has 0 saturated heterocycles. The van der Waals surface area contributed by atoms with Crippen LogP contribution in [0.1, 0.15) is 38.1 Å². The van der Waals surface area contributed by atoms with Crippen LogP contribution in [0.25, 0.3) is 0 Å². The number of benzene rings is 1. The smallest absolute Gasteiger partial charge is 0.343 e. The van der Waals surface area contributed by atoms with Crippen molar-refractivity contribution < 1.29 is 14.3 Å². The minimum absolute atomic E-state index is 0.00595. The summed E-state index contributed by atoms with van der Waals surface area (Å²) < 4.78 is 11.4. The summed E-state index contributed by atoms with van der Waals surface area (Å²) in [5, 5.41) is 0.